The highest BCUT2D eigenvalue weighted by atomic mass is 32.5. The van der Waals surface area contributed by atoms with Gasteiger partial charge in [-0.3, -0.25) is 0 Å². The zero-order chi connectivity index (χ0) is 23.2. The largest absolute Gasteiger partial charge is 0.380 e. The van der Waals surface area contributed by atoms with Crippen LogP contribution in [0.2, 0.25) is 0 Å². The molecule has 9 N–H and O–H groups in total. The average Bonchev–Trinajstić information content (AvgIpc) is 2.66. The number of ether oxygens (including phenoxy) is 3. The summed E-state index contributed by atoms with van der Waals surface area (Å²) in [4.78, 5) is 22.7. The minimum atomic E-state index is -3.81. The molecule has 0 heterocycles. The maximum Gasteiger partial charge on any atom is 0.319 e. The number of rotatable bonds is 15. The lowest BCUT2D eigenvalue weighted by Gasteiger charge is -1.97. The molecule has 0 aromatic heterocycles. The molecule has 182 valence electrons. The molecule has 0 aromatic rings. The van der Waals surface area contributed by atoms with Crippen molar-refractivity contribution in [3.8, 4) is 0 Å². The topological polar surface area (TPSA) is 166 Å². The first-order valence-electron chi connectivity index (χ1n) is 10.4. The molecule has 29 heavy (non-hydrogen) atoms. The summed E-state index contributed by atoms with van der Waals surface area (Å²) in [6.07, 6.45) is 7.06. The summed E-state index contributed by atoms with van der Waals surface area (Å²) >= 11 is 3.60. The van der Waals surface area contributed by atoms with E-state index >= 15 is 0 Å². The quantitative estimate of drug-likeness (QED) is 0.154. The number of nitrogens with two attached hydrogens (primary N) is 3. The molecule has 0 bridgehead atoms. The van der Waals surface area contributed by atoms with Crippen molar-refractivity contribution in [2.45, 2.75) is 59.3 Å². The zero-order valence-electron chi connectivity index (χ0n) is 18.8. The first-order chi connectivity index (χ1) is 13.7. The highest BCUT2D eigenvalue weighted by Crippen LogP contribution is 2.26. The van der Waals surface area contributed by atoms with Crippen LogP contribution in [-0.2, 0) is 26.0 Å². The fourth-order valence-electron chi connectivity index (χ4n) is 1.30. The van der Waals surface area contributed by atoms with Gasteiger partial charge in [-0.2, -0.15) is 0 Å². The summed E-state index contributed by atoms with van der Waals surface area (Å²) in [6, 6.07) is 0. The second kappa shape index (κ2) is 35.7. The maximum atomic E-state index is 7.56. The highest BCUT2D eigenvalue weighted by molar-refractivity contribution is 8.06. The van der Waals surface area contributed by atoms with Gasteiger partial charge in [-0.25, -0.2) is 0 Å². The summed E-state index contributed by atoms with van der Waals surface area (Å²) in [7, 11) is 0. The average molecular weight is 466 g/mol. The Bertz CT molecular complexity index is 248. The molecule has 0 spiro atoms. The van der Waals surface area contributed by atoms with Crippen LogP contribution in [0.4, 0.5) is 0 Å². The van der Waals surface area contributed by atoms with Gasteiger partial charge < -0.3 is 46.1 Å². The third-order valence-electron chi connectivity index (χ3n) is 2.71. The molecule has 0 fully saturated rings. The predicted molar refractivity (Wildman–Crippen MR) is 125 cm³/mol. The van der Waals surface area contributed by atoms with E-state index in [1.807, 2.05) is 0 Å². The van der Waals surface area contributed by atoms with Gasteiger partial charge in [0.1, 0.15) is 0 Å². The summed E-state index contributed by atoms with van der Waals surface area (Å²) in [6.45, 7) is 9.29. The van der Waals surface area contributed by atoms with Gasteiger partial charge >= 0.3 is 6.72 Å². The van der Waals surface area contributed by atoms with Gasteiger partial charge in [-0.05, 0) is 31.1 Å². The van der Waals surface area contributed by atoms with Crippen LogP contribution in [-0.4, -0.2) is 74.0 Å². The van der Waals surface area contributed by atoms with Crippen molar-refractivity contribution < 1.29 is 28.9 Å². The molecule has 9 nitrogen and oxygen atoms in total. The molecule has 0 rings (SSSR count). The van der Waals surface area contributed by atoms with Gasteiger partial charge in [0.25, 0.3) is 0 Å². The van der Waals surface area contributed by atoms with E-state index < -0.39 is 6.72 Å². The van der Waals surface area contributed by atoms with E-state index in [1.54, 1.807) is 0 Å². The maximum absolute atomic E-state index is 7.56. The summed E-state index contributed by atoms with van der Waals surface area (Å²) in [5.74, 6) is 0. The molecule has 11 heteroatoms. The predicted octanol–water partition coefficient (Wildman–Crippen LogP) is 1.47. The van der Waals surface area contributed by atoms with Crippen molar-refractivity contribution in [2.24, 2.45) is 17.2 Å². The van der Waals surface area contributed by atoms with Crippen molar-refractivity contribution >= 4 is 18.5 Å². The molecule has 0 unspecified atom stereocenters. The van der Waals surface area contributed by atoms with Crippen LogP contribution in [0.3, 0.4) is 0 Å². The molecule has 0 amide bonds. The van der Waals surface area contributed by atoms with Gasteiger partial charge in [-0.1, -0.05) is 40.0 Å². The Hall–Kier alpha value is 0.290. The Morgan fingerprint density at radius 1 is 0.586 bits per heavy atom. The van der Waals surface area contributed by atoms with Gasteiger partial charge in [0.15, 0.2) is 0 Å². The van der Waals surface area contributed by atoms with E-state index in [2.05, 4.69) is 32.6 Å². The normalized spacial score (nSPS) is 10.1. The smallest absolute Gasteiger partial charge is 0.319 e. The van der Waals surface area contributed by atoms with Crippen molar-refractivity contribution in [3.63, 3.8) is 0 Å². The lowest BCUT2D eigenvalue weighted by molar-refractivity contribution is 0.138. The van der Waals surface area contributed by atoms with Crippen LogP contribution >= 0.6 is 6.72 Å². The molecule has 0 saturated heterocycles. The van der Waals surface area contributed by atoms with Crippen molar-refractivity contribution in [1.82, 2.24) is 0 Å². The molecule has 0 aliphatic carbocycles. The minimum absolute atomic E-state index is 0.643. The standard InChI is InChI=1S/3C6H15NO.H3O3PS/c3*1-2-3-5-8-6-4-7;1-4(2,3)5/h3*2-7H2,1H3;(H3,1,2,3,5). The molecule has 0 saturated carbocycles. The van der Waals surface area contributed by atoms with Crippen LogP contribution < -0.4 is 17.2 Å². The highest BCUT2D eigenvalue weighted by Gasteiger charge is 1.92. The SMILES string of the molecule is CCCCOCCN.CCCCOCCN.CCCCOCCN.OP(O)(O)=S. The van der Waals surface area contributed by atoms with Gasteiger partial charge in [0.05, 0.1) is 19.8 Å². The van der Waals surface area contributed by atoms with Gasteiger partial charge in [-0.15, -0.1) is 0 Å². The van der Waals surface area contributed by atoms with Crippen LogP contribution in [0, 0.1) is 0 Å². The monoisotopic (exact) mass is 465 g/mol. The fraction of sp³-hybridized carbons (Fsp3) is 1.00. The first-order valence-corrected chi connectivity index (χ1v) is 13.0. The summed E-state index contributed by atoms with van der Waals surface area (Å²) in [5.41, 5.74) is 15.6. The minimum Gasteiger partial charge on any atom is -0.380 e. The Morgan fingerprint density at radius 2 is 0.793 bits per heavy atom. The van der Waals surface area contributed by atoms with E-state index in [1.165, 1.54) is 19.3 Å². The number of unbranched alkanes of at least 4 members (excludes halogenated alkanes) is 3. The molecule has 0 aliphatic heterocycles. The fourth-order valence-corrected chi connectivity index (χ4v) is 1.30. The van der Waals surface area contributed by atoms with E-state index in [9.17, 15) is 0 Å². The Kier molecular flexibility index (Phi) is 45.1. The van der Waals surface area contributed by atoms with Crippen molar-refractivity contribution in [2.75, 3.05) is 59.3 Å². The van der Waals surface area contributed by atoms with Crippen LogP contribution in [0.15, 0.2) is 0 Å². The molecule has 0 aromatic carbocycles. The van der Waals surface area contributed by atoms with Crippen molar-refractivity contribution in [3.05, 3.63) is 0 Å². The van der Waals surface area contributed by atoms with Gasteiger partial charge in [0, 0.05) is 39.5 Å². The van der Waals surface area contributed by atoms with Gasteiger partial charge in [0.2, 0.25) is 0 Å². The van der Waals surface area contributed by atoms with Crippen molar-refractivity contribution in [1.29, 1.82) is 0 Å². The summed E-state index contributed by atoms with van der Waals surface area (Å²) in [5, 5.41) is 0. The third kappa shape index (κ3) is 83.6. The Labute approximate surface area is 183 Å². The molecular weight excluding hydrogens is 417 g/mol. The zero-order valence-corrected chi connectivity index (χ0v) is 20.5. The Balaban J connectivity index is -0.000000146. The number of hydrogen-bond acceptors (Lipinski definition) is 7. The van der Waals surface area contributed by atoms with Crippen LogP contribution in [0.1, 0.15) is 59.3 Å². The number of hydrogen-bond donors (Lipinski definition) is 6. The molecular formula is C18H48N3O6PS. The van der Waals surface area contributed by atoms with E-state index in [-0.39, 0.29) is 0 Å². The van der Waals surface area contributed by atoms with Crippen LogP contribution in [0.5, 0.6) is 0 Å². The van der Waals surface area contributed by atoms with E-state index in [4.69, 9.17) is 46.1 Å². The summed E-state index contributed by atoms with van der Waals surface area (Å²) < 4.78 is 15.3. The Morgan fingerprint density at radius 3 is 0.931 bits per heavy atom. The molecule has 0 aliphatic rings. The lowest BCUT2D eigenvalue weighted by Crippen LogP contribution is -2.08. The van der Waals surface area contributed by atoms with Crippen LogP contribution in [0.25, 0.3) is 0 Å². The van der Waals surface area contributed by atoms with E-state index in [0.29, 0.717) is 39.5 Å². The second-order valence-corrected chi connectivity index (χ2v) is 8.27. The second-order valence-electron chi connectivity index (χ2n) is 5.78. The first kappa shape index (κ1) is 36.7. The molecule has 0 radical (unpaired) electrons. The lowest BCUT2D eigenvalue weighted by atomic mass is 10.4. The van der Waals surface area contributed by atoms with E-state index in [0.717, 1.165) is 39.1 Å². The third-order valence-corrected chi connectivity index (χ3v) is 2.71. The molecule has 0 atom stereocenters.